The zero-order valence-corrected chi connectivity index (χ0v) is 9.53. The molecule has 0 radical (unpaired) electrons. The maximum Gasteiger partial charge on any atom is 0.0571 e. The van der Waals surface area contributed by atoms with Gasteiger partial charge in [-0.3, -0.25) is 4.98 Å². The van der Waals surface area contributed by atoms with Crippen LogP contribution in [0.25, 0.3) is 0 Å². The van der Waals surface area contributed by atoms with Crippen LogP contribution in [0.2, 0.25) is 0 Å². The quantitative estimate of drug-likeness (QED) is 0.817. The molecule has 82 valence electrons. The summed E-state index contributed by atoms with van der Waals surface area (Å²) in [5.74, 6) is 0. The second kappa shape index (κ2) is 4.62. The molecule has 0 amide bonds. The van der Waals surface area contributed by atoms with Crippen molar-refractivity contribution in [3.05, 3.63) is 24.0 Å². The second-order valence-electron chi connectivity index (χ2n) is 4.15. The molecule has 1 aromatic heterocycles. The lowest BCUT2D eigenvalue weighted by Crippen LogP contribution is -2.18. The Kier molecular flexibility index (Phi) is 3.21. The summed E-state index contributed by atoms with van der Waals surface area (Å²) in [6.45, 7) is 4.49. The second-order valence-corrected chi connectivity index (χ2v) is 4.15. The Bertz CT molecular complexity index is 301. The molecule has 0 spiro atoms. The van der Waals surface area contributed by atoms with Crippen molar-refractivity contribution >= 4 is 5.69 Å². The Hall–Kier alpha value is -1.09. The summed E-state index contributed by atoms with van der Waals surface area (Å²) in [5, 5.41) is 3.19. The Labute approximate surface area is 91.5 Å². The fourth-order valence-corrected chi connectivity index (χ4v) is 1.96. The monoisotopic (exact) mass is 205 g/mol. The first-order valence-electron chi connectivity index (χ1n) is 5.69. The van der Waals surface area contributed by atoms with Crippen LogP contribution >= 0.6 is 0 Å². The highest BCUT2D eigenvalue weighted by Gasteiger charge is 2.12. The van der Waals surface area contributed by atoms with Crippen molar-refractivity contribution < 1.29 is 0 Å². The minimum atomic E-state index is 0.331. The first kappa shape index (κ1) is 10.4. The van der Waals surface area contributed by atoms with E-state index in [2.05, 4.69) is 34.3 Å². The topological polar surface area (TPSA) is 28.2 Å². The van der Waals surface area contributed by atoms with Gasteiger partial charge in [-0.15, -0.1) is 0 Å². The molecule has 1 aromatic rings. The Morgan fingerprint density at radius 2 is 2.07 bits per heavy atom. The number of hydrogen-bond donors (Lipinski definition) is 1. The number of hydrogen-bond acceptors (Lipinski definition) is 3. The summed E-state index contributed by atoms with van der Waals surface area (Å²) in [6, 6.07) is 4.63. The lowest BCUT2D eigenvalue weighted by atomic mass is 10.2. The van der Waals surface area contributed by atoms with Gasteiger partial charge in [0.2, 0.25) is 0 Å². The molecule has 0 bridgehead atoms. The standard InChI is InChI=1S/C12H19N3/c1-10(13-2)12-6-5-11(9-14-12)15-7-3-4-8-15/h5-6,9-10,13H,3-4,7-8H2,1-2H3. The summed E-state index contributed by atoms with van der Waals surface area (Å²) in [6.07, 6.45) is 4.62. The van der Waals surface area contributed by atoms with Crippen LogP contribution in [0.3, 0.4) is 0 Å². The van der Waals surface area contributed by atoms with Crippen LogP contribution in [-0.2, 0) is 0 Å². The van der Waals surface area contributed by atoms with E-state index in [0.29, 0.717) is 6.04 Å². The highest BCUT2D eigenvalue weighted by atomic mass is 15.1. The molecule has 1 atom stereocenters. The van der Waals surface area contributed by atoms with Crippen LogP contribution in [0.1, 0.15) is 31.5 Å². The van der Waals surface area contributed by atoms with E-state index in [1.165, 1.54) is 31.6 Å². The molecule has 0 aromatic carbocycles. The molecule has 1 unspecified atom stereocenters. The number of anilines is 1. The molecule has 1 saturated heterocycles. The van der Waals surface area contributed by atoms with Gasteiger partial charge >= 0.3 is 0 Å². The van der Waals surface area contributed by atoms with Gasteiger partial charge in [-0.05, 0) is 38.9 Å². The third-order valence-corrected chi connectivity index (χ3v) is 3.12. The fourth-order valence-electron chi connectivity index (χ4n) is 1.96. The average Bonchev–Trinajstić information content (AvgIpc) is 2.82. The van der Waals surface area contributed by atoms with Crippen molar-refractivity contribution in [1.82, 2.24) is 10.3 Å². The highest BCUT2D eigenvalue weighted by Crippen LogP contribution is 2.20. The molecule has 2 heterocycles. The average molecular weight is 205 g/mol. The summed E-state index contributed by atoms with van der Waals surface area (Å²) < 4.78 is 0. The summed E-state index contributed by atoms with van der Waals surface area (Å²) in [7, 11) is 1.96. The normalized spacial score (nSPS) is 18.1. The molecule has 1 N–H and O–H groups in total. The van der Waals surface area contributed by atoms with Gasteiger partial charge in [0.05, 0.1) is 17.6 Å². The Morgan fingerprint density at radius 3 is 2.60 bits per heavy atom. The van der Waals surface area contributed by atoms with E-state index in [4.69, 9.17) is 0 Å². The number of rotatable bonds is 3. The van der Waals surface area contributed by atoms with Crippen LogP contribution in [0.15, 0.2) is 18.3 Å². The van der Waals surface area contributed by atoms with Crippen molar-refractivity contribution in [1.29, 1.82) is 0 Å². The Morgan fingerprint density at radius 1 is 1.33 bits per heavy atom. The van der Waals surface area contributed by atoms with Gasteiger partial charge in [-0.25, -0.2) is 0 Å². The molecular formula is C12H19N3. The van der Waals surface area contributed by atoms with Crippen LogP contribution in [0.5, 0.6) is 0 Å². The molecular weight excluding hydrogens is 186 g/mol. The maximum absolute atomic E-state index is 4.49. The van der Waals surface area contributed by atoms with E-state index in [-0.39, 0.29) is 0 Å². The smallest absolute Gasteiger partial charge is 0.0571 e. The van der Waals surface area contributed by atoms with Gasteiger partial charge in [-0.1, -0.05) is 0 Å². The lowest BCUT2D eigenvalue weighted by molar-refractivity contribution is 0.633. The van der Waals surface area contributed by atoms with Gasteiger partial charge in [0.25, 0.3) is 0 Å². The lowest BCUT2D eigenvalue weighted by Gasteiger charge is -2.18. The predicted molar refractivity (Wildman–Crippen MR) is 63.2 cm³/mol. The fraction of sp³-hybridized carbons (Fsp3) is 0.583. The largest absolute Gasteiger partial charge is 0.370 e. The molecule has 0 saturated carbocycles. The van der Waals surface area contributed by atoms with Crippen LogP contribution in [0, 0.1) is 0 Å². The molecule has 1 aliphatic rings. The van der Waals surface area contributed by atoms with E-state index in [9.17, 15) is 0 Å². The van der Waals surface area contributed by atoms with Crippen molar-refractivity contribution in [3.8, 4) is 0 Å². The minimum Gasteiger partial charge on any atom is -0.370 e. The van der Waals surface area contributed by atoms with Crippen molar-refractivity contribution in [2.24, 2.45) is 0 Å². The molecule has 0 aliphatic carbocycles. The molecule has 1 aliphatic heterocycles. The molecule has 3 nitrogen and oxygen atoms in total. The first-order valence-corrected chi connectivity index (χ1v) is 5.69. The third-order valence-electron chi connectivity index (χ3n) is 3.12. The SMILES string of the molecule is CNC(C)c1ccc(N2CCCC2)cn1. The number of aromatic nitrogens is 1. The number of nitrogens with zero attached hydrogens (tertiary/aromatic N) is 2. The molecule has 3 heteroatoms. The van der Waals surface area contributed by atoms with Crippen LogP contribution in [0.4, 0.5) is 5.69 Å². The zero-order valence-electron chi connectivity index (χ0n) is 9.53. The van der Waals surface area contributed by atoms with Gasteiger partial charge in [0, 0.05) is 19.1 Å². The van der Waals surface area contributed by atoms with E-state index < -0.39 is 0 Å². The summed E-state index contributed by atoms with van der Waals surface area (Å²) >= 11 is 0. The molecule has 2 rings (SSSR count). The number of nitrogens with one attached hydrogen (secondary N) is 1. The van der Waals surface area contributed by atoms with E-state index in [0.717, 1.165) is 5.69 Å². The van der Waals surface area contributed by atoms with Crippen molar-refractivity contribution in [3.63, 3.8) is 0 Å². The first-order chi connectivity index (χ1) is 7.31. The number of pyridine rings is 1. The Balaban J connectivity index is 2.09. The van der Waals surface area contributed by atoms with Gasteiger partial charge in [-0.2, -0.15) is 0 Å². The molecule has 1 fully saturated rings. The third kappa shape index (κ3) is 2.29. The zero-order chi connectivity index (χ0) is 10.7. The highest BCUT2D eigenvalue weighted by molar-refractivity contribution is 5.45. The van der Waals surface area contributed by atoms with E-state index >= 15 is 0 Å². The predicted octanol–water partition coefficient (Wildman–Crippen LogP) is 1.96. The minimum absolute atomic E-state index is 0.331. The van der Waals surface area contributed by atoms with Gasteiger partial charge < -0.3 is 10.2 Å². The molecule has 15 heavy (non-hydrogen) atoms. The van der Waals surface area contributed by atoms with Crippen molar-refractivity contribution in [2.45, 2.75) is 25.8 Å². The summed E-state index contributed by atoms with van der Waals surface area (Å²) in [4.78, 5) is 6.89. The van der Waals surface area contributed by atoms with Crippen molar-refractivity contribution in [2.75, 3.05) is 25.0 Å². The van der Waals surface area contributed by atoms with Crippen LogP contribution < -0.4 is 10.2 Å². The van der Waals surface area contributed by atoms with E-state index in [1.807, 2.05) is 13.2 Å². The van der Waals surface area contributed by atoms with E-state index in [1.54, 1.807) is 0 Å². The van der Waals surface area contributed by atoms with Gasteiger partial charge in [0.1, 0.15) is 0 Å². The van der Waals surface area contributed by atoms with Crippen LogP contribution in [-0.4, -0.2) is 25.1 Å². The van der Waals surface area contributed by atoms with Gasteiger partial charge in [0.15, 0.2) is 0 Å². The maximum atomic E-state index is 4.49. The summed E-state index contributed by atoms with van der Waals surface area (Å²) in [5.41, 5.74) is 2.38.